The summed E-state index contributed by atoms with van der Waals surface area (Å²) >= 11 is 0. The van der Waals surface area contributed by atoms with Crippen LogP contribution in [-0.4, -0.2) is 48.1 Å². The molecule has 0 spiro atoms. The Morgan fingerprint density at radius 1 is 1.24 bits per heavy atom. The van der Waals surface area contributed by atoms with Crippen LogP contribution in [0.15, 0.2) is 9.59 Å². The lowest BCUT2D eigenvalue weighted by Crippen LogP contribution is -2.45. The van der Waals surface area contributed by atoms with E-state index in [0.717, 1.165) is 4.57 Å². The van der Waals surface area contributed by atoms with Gasteiger partial charge in [0.1, 0.15) is 0 Å². The standard InChI is InChI=1S/C12H19N5O4/c1-4-12(5-18,6-19)15-10-13-7-8(14-10)16(2)11(21)17(3)9(7)20/h18-19H,4-6H2,1-3H3,(H2,13,14,15). The van der Waals surface area contributed by atoms with E-state index in [4.69, 9.17) is 0 Å². The van der Waals surface area contributed by atoms with Gasteiger partial charge in [-0.25, -0.2) is 4.79 Å². The normalized spacial score (nSPS) is 12.0. The zero-order valence-corrected chi connectivity index (χ0v) is 12.2. The van der Waals surface area contributed by atoms with E-state index in [1.54, 1.807) is 6.92 Å². The van der Waals surface area contributed by atoms with Gasteiger partial charge in [0.05, 0.1) is 18.8 Å². The maximum atomic E-state index is 12.0. The van der Waals surface area contributed by atoms with Gasteiger partial charge in [0, 0.05) is 14.1 Å². The molecule has 2 aromatic rings. The first-order valence-electron chi connectivity index (χ1n) is 6.54. The first kappa shape index (κ1) is 15.3. The molecular formula is C12H19N5O4. The summed E-state index contributed by atoms with van der Waals surface area (Å²) in [4.78, 5) is 30.8. The molecule has 0 aromatic carbocycles. The van der Waals surface area contributed by atoms with Crippen LogP contribution in [0.1, 0.15) is 13.3 Å². The van der Waals surface area contributed by atoms with E-state index in [0.29, 0.717) is 6.42 Å². The Bertz CT molecular complexity index is 760. The molecule has 0 atom stereocenters. The molecule has 0 unspecified atom stereocenters. The second-order valence-corrected chi connectivity index (χ2v) is 5.06. The molecule has 0 saturated carbocycles. The maximum Gasteiger partial charge on any atom is 0.332 e. The van der Waals surface area contributed by atoms with Crippen molar-refractivity contribution in [1.82, 2.24) is 19.1 Å². The molecule has 0 aliphatic carbocycles. The van der Waals surface area contributed by atoms with Crippen molar-refractivity contribution in [2.75, 3.05) is 18.5 Å². The summed E-state index contributed by atoms with van der Waals surface area (Å²) in [5.41, 5.74) is -1.51. The number of H-pyrrole nitrogens is 1. The number of aromatic amines is 1. The Balaban J connectivity index is 2.59. The van der Waals surface area contributed by atoms with Gasteiger partial charge in [-0.05, 0) is 6.42 Å². The molecule has 116 valence electrons. The summed E-state index contributed by atoms with van der Waals surface area (Å²) in [5.74, 6) is 0.216. The third-order valence-corrected chi connectivity index (χ3v) is 3.76. The lowest BCUT2D eigenvalue weighted by molar-refractivity contribution is 0.132. The first-order chi connectivity index (χ1) is 9.89. The average Bonchev–Trinajstić information content (AvgIpc) is 2.92. The molecule has 0 saturated heterocycles. The highest BCUT2D eigenvalue weighted by Crippen LogP contribution is 2.17. The Labute approximate surface area is 119 Å². The first-order valence-corrected chi connectivity index (χ1v) is 6.54. The summed E-state index contributed by atoms with van der Waals surface area (Å²) in [6, 6.07) is 0. The molecule has 0 bridgehead atoms. The highest BCUT2D eigenvalue weighted by atomic mass is 16.3. The number of aliphatic hydroxyl groups is 2. The fourth-order valence-corrected chi connectivity index (χ4v) is 2.08. The second-order valence-electron chi connectivity index (χ2n) is 5.06. The molecule has 0 aliphatic rings. The van der Waals surface area contributed by atoms with Gasteiger partial charge in [-0.1, -0.05) is 6.92 Å². The smallest absolute Gasteiger partial charge is 0.332 e. The number of hydrogen-bond acceptors (Lipinski definition) is 6. The minimum Gasteiger partial charge on any atom is -0.394 e. The van der Waals surface area contributed by atoms with Crippen LogP contribution in [0, 0.1) is 0 Å². The van der Waals surface area contributed by atoms with Crippen LogP contribution < -0.4 is 16.6 Å². The van der Waals surface area contributed by atoms with Crippen molar-refractivity contribution in [1.29, 1.82) is 0 Å². The van der Waals surface area contributed by atoms with Crippen LogP contribution >= 0.6 is 0 Å². The Morgan fingerprint density at radius 2 is 1.86 bits per heavy atom. The molecule has 21 heavy (non-hydrogen) atoms. The number of hydrogen-bond donors (Lipinski definition) is 4. The summed E-state index contributed by atoms with van der Waals surface area (Å²) in [7, 11) is 2.90. The minimum atomic E-state index is -0.946. The Kier molecular flexibility index (Phi) is 3.88. The van der Waals surface area contributed by atoms with Gasteiger partial charge in [0.15, 0.2) is 11.2 Å². The van der Waals surface area contributed by atoms with Crippen LogP contribution in [0.2, 0.25) is 0 Å². The highest BCUT2D eigenvalue weighted by Gasteiger charge is 2.28. The van der Waals surface area contributed by atoms with Crippen molar-refractivity contribution < 1.29 is 10.2 Å². The number of nitrogens with zero attached hydrogens (tertiary/aromatic N) is 3. The number of aryl methyl sites for hydroxylation is 1. The van der Waals surface area contributed by atoms with Crippen LogP contribution in [0.25, 0.3) is 11.2 Å². The van der Waals surface area contributed by atoms with Crippen LogP contribution in [0.5, 0.6) is 0 Å². The summed E-state index contributed by atoms with van der Waals surface area (Å²) in [5, 5.41) is 21.7. The predicted octanol–water partition coefficient (Wildman–Crippen LogP) is -1.49. The Morgan fingerprint density at radius 3 is 2.38 bits per heavy atom. The zero-order valence-electron chi connectivity index (χ0n) is 12.2. The van der Waals surface area contributed by atoms with E-state index in [1.165, 1.54) is 18.7 Å². The predicted molar refractivity (Wildman–Crippen MR) is 77.4 cm³/mol. The molecule has 0 aliphatic heterocycles. The van der Waals surface area contributed by atoms with Crippen molar-refractivity contribution in [3.8, 4) is 0 Å². The number of anilines is 1. The van der Waals surface area contributed by atoms with Crippen molar-refractivity contribution >= 4 is 17.1 Å². The van der Waals surface area contributed by atoms with Gasteiger partial charge in [-0.15, -0.1) is 0 Å². The fraction of sp³-hybridized carbons (Fsp3) is 0.583. The molecule has 2 heterocycles. The average molecular weight is 297 g/mol. The maximum absolute atomic E-state index is 12.0. The third-order valence-electron chi connectivity index (χ3n) is 3.76. The molecule has 2 rings (SSSR count). The van der Waals surface area contributed by atoms with Crippen LogP contribution in [-0.2, 0) is 14.1 Å². The largest absolute Gasteiger partial charge is 0.394 e. The quantitative estimate of drug-likeness (QED) is 0.532. The van der Waals surface area contributed by atoms with E-state index in [9.17, 15) is 19.8 Å². The van der Waals surface area contributed by atoms with E-state index in [2.05, 4.69) is 15.3 Å². The molecule has 0 radical (unpaired) electrons. The van der Waals surface area contributed by atoms with Gasteiger partial charge in [0.25, 0.3) is 5.56 Å². The minimum absolute atomic E-state index is 0.183. The fourth-order valence-electron chi connectivity index (χ4n) is 2.08. The number of aliphatic hydroxyl groups excluding tert-OH is 2. The van der Waals surface area contributed by atoms with E-state index in [-0.39, 0.29) is 30.3 Å². The van der Waals surface area contributed by atoms with E-state index >= 15 is 0 Å². The summed E-state index contributed by atoms with van der Waals surface area (Å²) < 4.78 is 2.24. The number of nitrogens with one attached hydrogen (secondary N) is 2. The monoisotopic (exact) mass is 297 g/mol. The summed E-state index contributed by atoms with van der Waals surface area (Å²) in [6.07, 6.45) is 0.452. The number of imidazole rings is 1. The van der Waals surface area contributed by atoms with Gasteiger partial charge in [-0.3, -0.25) is 13.9 Å². The van der Waals surface area contributed by atoms with Gasteiger partial charge < -0.3 is 20.5 Å². The topological polar surface area (TPSA) is 125 Å². The van der Waals surface area contributed by atoms with Crippen molar-refractivity contribution in [2.24, 2.45) is 14.1 Å². The zero-order chi connectivity index (χ0) is 15.8. The molecule has 4 N–H and O–H groups in total. The van der Waals surface area contributed by atoms with E-state index in [1.807, 2.05) is 0 Å². The van der Waals surface area contributed by atoms with Crippen LogP contribution in [0.4, 0.5) is 5.95 Å². The number of fused-ring (bicyclic) bond motifs is 1. The van der Waals surface area contributed by atoms with E-state index < -0.39 is 16.8 Å². The number of aromatic nitrogens is 4. The lowest BCUT2D eigenvalue weighted by atomic mass is 9.99. The molecule has 9 heteroatoms. The van der Waals surface area contributed by atoms with Crippen LogP contribution in [0.3, 0.4) is 0 Å². The van der Waals surface area contributed by atoms with Crippen molar-refractivity contribution in [2.45, 2.75) is 18.9 Å². The van der Waals surface area contributed by atoms with Crippen molar-refractivity contribution in [3.05, 3.63) is 20.8 Å². The lowest BCUT2D eigenvalue weighted by Gasteiger charge is -2.29. The SMILES string of the molecule is CCC(CO)(CO)Nc1nc2c([nH]1)c(=O)n(C)c(=O)n2C. The second kappa shape index (κ2) is 5.34. The van der Waals surface area contributed by atoms with Crippen molar-refractivity contribution in [3.63, 3.8) is 0 Å². The molecule has 9 nitrogen and oxygen atoms in total. The molecule has 0 amide bonds. The highest BCUT2D eigenvalue weighted by molar-refractivity contribution is 5.72. The third kappa shape index (κ3) is 2.34. The number of rotatable bonds is 5. The van der Waals surface area contributed by atoms with Gasteiger partial charge in [-0.2, -0.15) is 4.98 Å². The van der Waals surface area contributed by atoms with Gasteiger partial charge >= 0.3 is 5.69 Å². The molecule has 0 fully saturated rings. The Hall–Kier alpha value is -2.13. The summed E-state index contributed by atoms with van der Waals surface area (Å²) in [6.45, 7) is 1.21. The van der Waals surface area contributed by atoms with Gasteiger partial charge in [0.2, 0.25) is 5.95 Å². The molecule has 2 aromatic heterocycles. The molecular weight excluding hydrogens is 278 g/mol.